The molecule has 0 aliphatic carbocycles. The molecule has 1 amide bonds. The van der Waals surface area contributed by atoms with Gasteiger partial charge in [0.15, 0.2) is 0 Å². The van der Waals surface area contributed by atoms with Crippen LogP contribution in [-0.2, 0) is 0 Å². The van der Waals surface area contributed by atoms with Crippen molar-refractivity contribution in [2.24, 2.45) is 0 Å². The summed E-state index contributed by atoms with van der Waals surface area (Å²) in [5.74, 6) is 0.475. The third kappa shape index (κ3) is 3.75. The predicted octanol–water partition coefficient (Wildman–Crippen LogP) is 3.77. The van der Waals surface area contributed by atoms with Gasteiger partial charge >= 0.3 is 0 Å². The van der Waals surface area contributed by atoms with E-state index < -0.39 is 0 Å². The van der Waals surface area contributed by atoms with Gasteiger partial charge < -0.3 is 15.4 Å². The van der Waals surface area contributed by atoms with Crippen LogP contribution in [0.3, 0.4) is 0 Å². The van der Waals surface area contributed by atoms with Crippen molar-refractivity contribution >= 4 is 17.3 Å². The minimum Gasteiger partial charge on any atom is -0.495 e. The van der Waals surface area contributed by atoms with Crippen LogP contribution in [0.15, 0.2) is 48.5 Å². The van der Waals surface area contributed by atoms with Gasteiger partial charge in [-0.1, -0.05) is 24.3 Å². The Hall–Kier alpha value is -2.49. The average Bonchev–Trinajstić information content (AvgIpc) is 2.47. The summed E-state index contributed by atoms with van der Waals surface area (Å²) in [6, 6.07) is 15.1. The van der Waals surface area contributed by atoms with Gasteiger partial charge in [-0.15, -0.1) is 0 Å². The number of ether oxygens (including phenoxy) is 1. The molecule has 2 aromatic carbocycles. The third-order valence-corrected chi connectivity index (χ3v) is 2.97. The molecule has 0 heterocycles. The minimum absolute atomic E-state index is 0.164. The molecule has 0 radical (unpaired) electrons. The molecule has 4 heteroatoms. The summed E-state index contributed by atoms with van der Waals surface area (Å²) in [5, 5.41) is 6.16. The number of nitrogens with one attached hydrogen (secondary N) is 2. The van der Waals surface area contributed by atoms with E-state index in [4.69, 9.17) is 4.74 Å². The molecule has 2 aromatic rings. The first-order valence-electron chi connectivity index (χ1n) is 6.91. The van der Waals surface area contributed by atoms with Crippen LogP contribution < -0.4 is 15.4 Å². The maximum atomic E-state index is 12.5. The summed E-state index contributed by atoms with van der Waals surface area (Å²) < 4.78 is 5.25. The van der Waals surface area contributed by atoms with Crippen LogP contribution in [0.2, 0.25) is 0 Å². The summed E-state index contributed by atoms with van der Waals surface area (Å²) in [7, 11) is 1.58. The maximum Gasteiger partial charge on any atom is 0.257 e. The summed E-state index contributed by atoms with van der Waals surface area (Å²) >= 11 is 0. The quantitative estimate of drug-likeness (QED) is 0.878. The van der Waals surface area contributed by atoms with Gasteiger partial charge in [0.1, 0.15) is 5.75 Å². The number of anilines is 2. The molecule has 0 aliphatic heterocycles. The van der Waals surface area contributed by atoms with Gasteiger partial charge in [-0.05, 0) is 38.1 Å². The van der Waals surface area contributed by atoms with Crippen LogP contribution in [0.25, 0.3) is 0 Å². The Morgan fingerprint density at radius 3 is 2.29 bits per heavy atom. The standard InChI is InChI=1S/C17H20N2O2/c1-12(2)18-14-9-5-4-8-13(14)17(20)19-15-10-6-7-11-16(15)21-3/h4-12,18H,1-3H3,(H,19,20). The van der Waals surface area contributed by atoms with Crippen molar-refractivity contribution in [1.29, 1.82) is 0 Å². The van der Waals surface area contributed by atoms with Crippen LogP contribution in [0, 0.1) is 0 Å². The molecular formula is C17H20N2O2. The lowest BCUT2D eigenvalue weighted by atomic mass is 10.1. The van der Waals surface area contributed by atoms with Crippen LogP contribution in [0.5, 0.6) is 5.75 Å². The largest absolute Gasteiger partial charge is 0.495 e. The number of carbonyl (C=O) groups is 1. The lowest BCUT2D eigenvalue weighted by Gasteiger charge is -2.15. The molecular weight excluding hydrogens is 264 g/mol. The highest BCUT2D eigenvalue weighted by molar-refractivity contribution is 6.08. The van der Waals surface area contributed by atoms with Crippen molar-refractivity contribution in [2.75, 3.05) is 17.7 Å². The van der Waals surface area contributed by atoms with E-state index in [0.717, 1.165) is 5.69 Å². The Kier molecular flexibility index (Phi) is 4.82. The summed E-state index contributed by atoms with van der Waals surface area (Å²) in [6.45, 7) is 4.07. The number of rotatable bonds is 5. The molecule has 0 aliphatic rings. The Morgan fingerprint density at radius 1 is 1.00 bits per heavy atom. The molecule has 0 spiro atoms. The predicted molar refractivity (Wildman–Crippen MR) is 86.1 cm³/mol. The lowest BCUT2D eigenvalue weighted by Crippen LogP contribution is -2.18. The van der Waals surface area contributed by atoms with E-state index in [2.05, 4.69) is 10.6 Å². The molecule has 2 rings (SSSR count). The first kappa shape index (κ1) is 14.9. The van der Waals surface area contributed by atoms with Crippen LogP contribution in [0.4, 0.5) is 11.4 Å². The highest BCUT2D eigenvalue weighted by Crippen LogP contribution is 2.25. The van der Waals surface area contributed by atoms with E-state index in [1.165, 1.54) is 0 Å². The number of hydrogen-bond donors (Lipinski definition) is 2. The monoisotopic (exact) mass is 284 g/mol. The number of benzene rings is 2. The summed E-state index contributed by atoms with van der Waals surface area (Å²) in [4.78, 5) is 12.5. The van der Waals surface area contributed by atoms with Crippen LogP contribution in [0.1, 0.15) is 24.2 Å². The molecule has 4 nitrogen and oxygen atoms in total. The van der Waals surface area contributed by atoms with Gasteiger partial charge in [-0.3, -0.25) is 4.79 Å². The van der Waals surface area contributed by atoms with E-state index in [1.54, 1.807) is 13.2 Å². The maximum absolute atomic E-state index is 12.5. The minimum atomic E-state index is -0.164. The zero-order valence-corrected chi connectivity index (χ0v) is 12.5. The van der Waals surface area contributed by atoms with E-state index in [9.17, 15) is 4.79 Å². The van der Waals surface area contributed by atoms with Gasteiger partial charge in [0.2, 0.25) is 0 Å². The van der Waals surface area contributed by atoms with Crippen LogP contribution in [-0.4, -0.2) is 19.1 Å². The normalized spacial score (nSPS) is 10.3. The number of carbonyl (C=O) groups excluding carboxylic acids is 1. The summed E-state index contributed by atoms with van der Waals surface area (Å²) in [6.07, 6.45) is 0. The fourth-order valence-corrected chi connectivity index (χ4v) is 2.06. The number of amides is 1. The fourth-order valence-electron chi connectivity index (χ4n) is 2.06. The van der Waals surface area contributed by atoms with Gasteiger partial charge in [-0.25, -0.2) is 0 Å². The molecule has 0 saturated carbocycles. The van der Waals surface area contributed by atoms with Crippen molar-refractivity contribution < 1.29 is 9.53 Å². The average molecular weight is 284 g/mol. The second-order valence-corrected chi connectivity index (χ2v) is 5.00. The Labute approximate surface area is 125 Å². The first-order chi connectivity index (χ1) is 10.1. The molecule has 110 valence electrons. The Bertz CT molecular complexity index is 624. The zero-order chi connectivity index (χ0) is 15.2. The van der Waals surface area contributed by atoms with Crippen molar-refractivity contribution in [3.05, 3.63) is 54.1 Å². The number of hydrogen-bond acceptors (Lipinski definition) is 3. The van der Waals surface area contributed by atoms with Gasteiger partial charge in [0.25, 0.3) is 5.91 Å². The highest BCUT2D eigenvalue weighted by atomic mass is 16.5. The van der Waals surface area contributed by atoms with Crippen molar-refractivity contribution in [2.45, 2.75) is 19.9 Å². The van der Waals surface area contributed by atoms with Crippen molar-refractivity contribution in [1.82, 2.24) is 0 Å². The molecule has 0 fully saturated rings. The molecule has 0 unspecified atom stereocenters. The second kappa shape index (κ2) is 6.79. The topological polar surface area (TPSA) is 50.4 Å². The van der Waals surface area contributed by atoms with Gasteiger partial charge in [0, 0.05) is 11.7 Å². The molecule has 0 saturated heterocycles. The fraction of sp³-hybridized carbons (Fsp3) is 0.235. The van der Waals surface area contributed by atoms with Gasteiger partial charge in [-0.2, -0.15) is 0 Å². The third-order valence-electron chi connectivity index (χ3n) is 2.97. The zero-order valence-electron chi connectivity index (χ0n) is 12.5. The smallest absolute Gasteiger partial charge is 0.257 e. The number of methoxy groups -OCH3 is 1. The Balaban J connectivity index is 2.24. The highest BCUT2D eigenvalue weighted by Gasteiger charge is 2.13. The molecule has 2 N–H and O–H groups in total. The van der Waals surface area contributed by atoms with E-state index in [1.807, 2.05) is 56.3 Å². The molecule has 21 heavy (non-hydrogen) atoms. The van der Waals surface area contributed by atoms with Crippen molar-refractivity contribution in [3.63, 3.8) is 0 Å². The SMILES string of the molecule is COc1ccccc1NC(=O)c1ccccc1NC(C)C. The van der Waals surface area contributed by atoms with Gasteiger partial charge in [0.05, 0.1) is 18.4 Å². The van der Waals surface area contributed by atoms with Crippen LogP contribution >= 0.6 is 0 Å². The van der Waals surface area contributed by atoms with Crippen molar-refractivity contribution in [3.8, 4) is 5.75 Å². The summed E-state index contributed by atoms with van der Waals surface area (Å²) in [5.41, 5.74) is 2.08. The van der Waals surface area contributed by atoms with E-state index >= 15 is 0 Å². The number of para-hydroxylation sites is 3. The molecule has 0 bridgehead atoms. The second-order valence-electron chi connectivity index (χ2n) is 5.00. The Morgan fingerprint density at radius 2 is 1.62 bits per heavy atom. The molecule has 0 aromatic heterocycles. The lowest BCUT2D eigenvalue weighted by molar-refractivity contribution is 0.102. The molecule has 0 atom stereocenters. The van der Waals surface area contributed by atoms with E-state index in [-0.39, 0.29) is 11.9 Å². The first-order valence-corrected chi connectivity index (χ1v) is 6.91. The van der Waals surface area contributed by atoms with E-state index in [0.29, 0.717) is 17.0 Å².